The van der Waals surface area contributed by atoms with Crippen molar-refractivity contribution in [2.75, 3.05) is 27.7 Å². The van der Waals surface area contributed by atoms with E-state index < -0.39 is 0 Å². The predicted octanol–water partition coefficient (Wildman–Crippen LogP) is -0.947. The highest BCUT2D eigenvalue weighted by molar-refractivity contribution is 4.80. The molecule has 0 aliphatic heterocycles. The molecule has 0 unspecified atom stereocenters. The maximum atomic E-state index is 2.27. The van der Waals surface area contributed by atoms with E-state index in [1.807, 2.05) is 0 Å². The molecule has 0 rings (SSSR count). The largest absolute Gasteiger partial charge is 1.00 e. The summed E-state index contributed by atoms with van der Waals surface area (Å²) in [7, 11) is 6.61. The van der Waals surface area contributed by atoms with E-state index in [9.17, 15) is 0 Å². The third-order valence-corrected chi connectivity index (χ3v) is 1.28. The van der Waals surface area contributed by atoms with Gasteiger partial charge in [-0.25, -0.2) is 0 Å². The Bertz CT molecular complexity index is 103. The first-order valence-electron chi connectivity index (χ1n) is 4.01. The average Bonchev–Trinajstić information content (AvgIpc) is 1.78. The highest BCUT2D eigenvalue weighted by Gasteiger charge is 2.00. The first kappa shape index (κ1) is 13.7. The summed E-state index contributed by atoms with van der Waals surface area (Å²) >= 11 is 0. The van der Waals surface area contributed by atoms with Crippen molar-refractivity contribution in [3.05, 3.63) is 12.2 Å². The van der Waals surface area contributed by atoms with Crippen LogP contribution in [0.15, 0.2) is 12.2 Å². The fraction of sp³-hybridized carbons (Fsp3) is 0.778. The van der Waals surface area contributed by atoms with E-state index in [0.29, 0.717) is 0 Å². The SMILES string of the molecule is CCCC=CC[N+](C)(C)C.[Br-]. The standard InChI is InChI=1S/C9H20N.BrH/c1-5-6-7-8-9-10(2,3)4;/h7-8H,5-6,9H2,1-4H3;1H/q+1;/p-1. The highest BCUT2D eigenvalue weighted by atomic mass is 79.9. The molecule has 0 bridgehead atoms. The second-order valence-corrected chi connectivity index (χ2v) is 3.73. The fourth-order valence-electron chi connectivity index (χ4n) is 0.675. The maximum absolute atomic E-state index is 2.27. The molecule has 0 aromatic rings. The number of hydrogen-bond acceptors (Lipinski definition) is 0. The number of quaternary nitrogens is 1. The summed E-state index contributed by atoms with van der Waals surface area (Å²) in [5, 5.41) is 0. The lowest BCUT2D eigenvalue weighted by atomic mass is 10.3. The van der Waals surface area contributed by atoms with Crippen LogP contribution in [0.3, 0.4) is 0 Å². The molecule has 0 amide bonds. The normalized spacial score (nSPS) is 11.6. The number of rotatable bonds is 4. The van der Waals surface area contributed by atoms with Gasteiger partial charge in [0.1, 0.15) is 0 Å². The van der Waals surface area contributed by atoms with Crippen LogP contribution < -0.4 is 17.0 Å². The molecular weight excluding hydrogens is 202 g/mol. The summed E-state index contributed by atoms with van der Waals surface area (Å²) in [6, 6.07) is 0. The van der Waals surface area contributed by atoms with Crippen LogP contribution in [0, 0.1) is 0 Å². The van der Waals surface area contributed by atoms with Gasteiger partial charge >= 0.3 is 0 Å². The molecule has 0 spiro atoms. The van der Waals surface area contributed by atoms with Crippen molar-refractivity contribution in [2.45, 2.75) is 19.8 Å². The molecule has 0 saturated heterocycles. The van der Waals surface area contributed by atoms with E-state index in [-0.39, 0.29) is 17.0 Å². The van der Waals surface area contributed by atoms with Crippen LogP contribution in [0.1, 0.15) is 19.8 Å². The lowest BCUT2D eigenvalue weighted by Crippen LogP contribution is -3.00. The minimum atomic E-state index is 0. The third-order valence-electron chi connectivity index (χ3n) is 1.28. The molecule has 0 aliphatic rings. The van der Waals surface area contributed by atoms with Crippen molar-refractivity contribution < 1.29 is 21.5 Å². The quantitative estimate of drug-likeness (QED) is 0.425. The summed E-state index contributed by atoms with van der Waals surface area (Å²) in [6.45, 7) is 3.34. The van der Waals surface area contributed by atoms with Crippen LogP contribution in [-0.2, 0) is 0 Å². The van der Waals surface area contributed by atoms with Crippen LogP contribution in [0.25, 0.3) is 0 Å². The molecule has 2 heteroatoms. The molecule has 0 aromatic heterocycles. The monoisotopic (exact) mass is 221 g/mol. The van der Waals surface area contributed by atoms with Crippen molar-refractivity contribution in [2.24, 2.45) is 0 Å². The Morgan fingerprint density at radius 3 is 2.00 bits per heavy atom. The van der Waals surface area contributed by atoms with Gasteiger partial charge in [0.15, 0.2) is 0 Å². The Kier molecular flexibility index (Phi) is 8.58. The minimum Gasteiger partial charge on any atom is -1.00 e. The molecular formula is C9H20BrN. The Balaban J connectivity index is 0. The van der Waals surface area contributed by atoms with Crippen LogP contribution >= 0.6 is 0 Å². The Morgan fingerprint density at radius 2 is 1.64 bits per heavy atom. The number of unbranched alkanes of at least 4 members (excludes halogenated alkanes) is 1. The van der Waals surface area contributed by atoms with Gasteiger partial charge in [-0.2, -0.15) is 0 Å². The zero-order chi connectivity index (χ0) is 8.04. The number of hydrogen-bond donors (Lipinski definition) is 0. The summed E-state index contributed by atoms with van der Waals surface area (Å²) in [4.78, 5) is 0. The van der Waals surface area contributed by atoms with Gasteiger partial charge in [-0.1, -0.05) is 19.4 Å². The first-order valence-corrected chi connectivity index (χ1v) is 4.01. The summed E-state index contributed by atoms with van der Waals surface area (Å²) < 4.78 is 1.03. The molecule has 1 nitrogen and oxygen atoms in total. The molecule has 0 N–H and O–H groups in total. The molecule has 0 aliphatic carbocycles. The molecule has 11 heavy (non-hydrogen) atoms. The number of allylic oxidation sites excluding steroid dienone is 1. The van der Waals surface area contributed by atoms with Gasteiger partial charge in [0.05, 0.1) is 27.7 Å². The fourth-order valence-corrected chi connectivity index (χ4v) is 0.675. The van der Waals surface area contributed by atoms with E-state index in [2.05, 4.69) is 40.2 Å². The Labute approximate surface area is 81.5 Å². The summed E-state index contributed by atoms with van der Waals surface area (Å²) in [5.74, 6) is 0. The van der Waals surface area contributed by atoms with Crippen molar-refractivity contribution in [3.63, 3.8) is 0 Å². The van der Waals surface area contributed by atoms with Crippen molar-refractivity contribution in [3.8, 4) is 0 Å². The molecule has 0 heterocycles. The van der Waals surface area contributed by atoms with Gasteiger partial charge in [0.2, 0.25) is 0 Å². The number of likely N-dealkylation sites (N-methyl/N-ethyl adjacent to an activating group) is 1. The zero-order valence-corrected chi connectivity index (χ0v) is 9.69. The molecule has 0 atom stereocenters. The van der Waals surface area contributed by atoms with E-state index >= 15 is 0 Å². The van der Waals surface area contributed by atoms with E-state index in [4.69, 9.17) is 0 Å². The highest BCUT2D eigenvalue weighted by Crippen LogP contribution is 1.93. The predicted molar refractivity (Wildman–Crippen MR) is 46.9 cm³/mol. The van der Waals surface area contributed by atoms with Crippen molar-refractivity contribution in [1.29, 1.82) is 0 Å². The Morgan fingerprint density at radius 1 is 1.09 bits per heavy atom. The maximum Gasteiger partial charge on any atom is 0.0967 e. The Hall–Kier alpha value is 0.180. The lowest BCUT2D eigenvalue weighted by molar-refractivity contribution is -0.864. The van der Waals surface area contributed by atoms with Crippen LogP contribution in [-0.4, -0.2) is 32.2 Å². The van der Waals surface area contributed by atoms with Gasteiger partial charge in [0.25, 0.3) is 0 Å². The van der Waals surface area contributed by atoms with Crippen molar-refractivity contribution in [1.82, 2.24) is 0 Å². The van der Waals surface area contributed by atoms with E-state index in [1.54, 1.807) is 0 Å². The topological polar surface area (TPSA) is 0 Å². The van der Waals surface area contributed by atoms with Gasteiger partial charge < -0.3 is 21.5 Å². The lowest BCUT2D eigenvalue weighted by Gasteiger charge is -2.21. The van der Waals surface area contributed by atoms with E-state index in [1.165, 1.54) is 12.8 Å². The molecule has 0 saturated carbocycles. The van der Waals surface area contributed by atoms with Gasteiger partial charge in [-0.15, -0.1) is 0 Å². The third kappa shape index (κ3) is 13.2. The average molecular weight is 222 g/mol. The zero-order valence-electron chi connectivity index (χ0n) is 8.10. The molecule has 0 radical (unpaired) electrons. The second-order valence-electron chi connectivity index (χ2n) is 3.73. The molecule has 0 fully saturated rings. The van der Waals surface area contributed by atoms with Crippen molar-refractivity contribution >= 4 is 0 Å². The van der Waals surface area contributed by atoms with Gasteiger partial charge in [-0.05, 0) is 12.5 Å². The van der Waals surface area contributed by atoms with E-state index in [0.717, 1.165) is 11.0 Å². The van der Waals surface area contributed by atoms with Gasteiger partial charge in [-0.3, -0.25) is 0 Å². The van der Waals surface area contributed by atoms with Crippen LogP contribution in [0.4, 0.5) is 0 Å². The first-order chi connectivity index (χ1) is 4.56. The summed E-state index contributed by atoms with van der Waals surface area (Å²) in [5.41, 5.74) is 0. The van der Waals surface area contributed by atoms with Crippen LogP contribution in [0.5, 0.6) is 0 Å². The smallest absolute Gasteiger partial charge is 0.0967 e. The number of nitrogens with zero attached hydrogens (tertiary/aromatic N) is 1. The molecule has 0 aromatic carbocycles. The van der Waals surface area contributed by atoms with Gasteiger partial charge in [0, 0.05) is 0 Å². The number of halogens is 1. The minimum absolute atomic E-state index is 0. The second kappa shape index (κ2) is 6.86. The van der Waals surface area contributed by atoms with Crippen LogP contribution in [0.2, 0.25) is 0 Å². The summed E-state index contributed by atoms with van der Waals surface area (Å²) in [6.07, 6.45) is 7.01. The molecule has 68 valence electrons.